The van der Waals surface area contributed by atoms with E-state index in [0.717, 1.165) is 17.0 Å². The number of ether oxygens (including phenoxy) is 1. The van der Waals surface area contributed by atoms with Crippen LogP contribution in [0.4, 0.5) is 5.69 Å². The molecule has 1 saturated carbocycles. The standard InChI is InChI=1S/C15H21N5O/c1-20-18-15(17-19-20)11-8-9-13(14(10-11)21-2)16-12-6-4-3-5-7-12/h8-10,12,16H,3-7H2,1-2H3. The molecule has 0 aliphatic heterocycles. The van der Waals surface area contributed by atoms with Crippen LogP contribution in [0, 0.1) is 0 Å². The summed E-state index contributed by atoms with van der Waals surface area (Å²) < 4.78 is 5.51. The maximum atomic E-state index is 5.51. The number of nitrogens with one attached hydrogen (secondary N) is 1. The van der Waals surface area contributed by atoms with Gasteiger partial charge in [0.2, 0.25) is 5.82 Å². The van der Waals surface area contributed by atoms with E-state index in [9.17, 15) is 0 Å². The predicted octanol–water partition coefficient (Wildman–Crippen LogP) is 2.63. The van der Waals surface area contributed by atoms with Crippen molar-refractivity contribution in [1.82, 2.24) is 20.2 Å². The second-order valence-corrected chi connectivity index (χ2v) is 5.50. The summed E-state index contributed by atoms with van der Waals surface area (Å²) in [5, 5.41) is 15.7. The summed E-state index contributed by atoms with van der Waals surface area (Å²) in [5.74, 6) is 1.44. The third kappa shape index (κ3) is 3.15. The van der Waals surface area contributed by atoms with Crippen LogP contribution in [0.2, 0.25) is 0 Å². The van der Waals surface area contributed by atoms with Gasteiger partial charge in [-0.05, 0) is 36.3 Å². The number of rotatable bonds is 4. The topological polar surface area (TPSA) is 64.9 Å². The number of hydrogen-bond donors (Lipinski definition) is 1. The Bertz CT molecular complexity index is 604. The molecule has 0 unspecified atom stereocenters. The van der Waals surface area contributed by atoms with Crippen LogP contribution < -0.4 is 10.1 Å². The number of nitrogens with zero attached hydrogens (tertiary/aromatic N) is 4. The highest BCUT2D eigenvalue weighted by molar-refractivity contribution is 5.67. The second-order valence-electron chi connectivity index (χ2n) is 5.50. The van der Waals surface area contributed by atoms with E-state index < -0.39 is 0 Å². The first-order chi connectivity index (χ1) is 10.3. The molecule has 1 fully saturated rings. The van der Waals surface area contributed by atoms with Crippen molar-refractivity contribution in [3.8, 4) is 17.1 Å². The molecular weight excluding hydrogens is 266 g/mol. The fourth-order valence-corrected chi connectivity index (χ4v) is 2.82. The molecule has 1 heterocycles. The molecule has 6 heteroatoms. The van der Waals surface area contributed by atoms with Gasteiger partial charge in [-0.2, -0.15) is 4.80 Å². The summed E-state index contributed by atoms with van der Waals surface area (Å²) in [7, 11) is 3.45. The molecule has 1 aromatic carbocycles. The molecular formula is C15H21N5O. The van der Waals surface area contributed by atoms with Gasteiger partial charge in [0.1, 0.15) is 5.75 Å². The van der Waals surface area contributed by atoms with Gasteiger partial charge in [-0.25, -0.2) is 0 Å². The second kappa shape index (κ2) is 6.11. The van der Waals surface area contributed by atoms with Crippen LogP contribution in [0.25, 0.3) is 11.4 Å². The fraction of sp³-hybridized carbons (Fsp3) is 0.533. The molecule has 0 atom stereocenters. The lowest BCUT2D eigenvalue weighted by Gasteiger charge is -2.24. The van der Waals surface area contributed by atoms with Crippen LogP contribution in [-0.2, 0) is 7.05 Å². The Morgan fingerprint density at radius 1 is 1.24 bits per heavy atom. The third-order valence-corrected chi connectivity index (χ3v) is 3.93. The molecule has 0 radical (unpaired) electrons. The molecule has 2 aromatic rings. The number of benzene rings is 1. The minimum absolute atomic E-state index is 0.549. The Morgan fingerprint density at radius 3 is 2.71 bits per heavy atom. The smallest absolute Gasteiger partial charge is 0.205 e. The van der Waals surface area contributed by atoms with E-state index in [1.54, 1.807) is 14.2 Å². The first-order valence-corrected chi connectivity index (χ1v) is 7.45. The normalized spacial score (nSPS) is 15.9. The quantitative estimate of drug-likeness (QED) is 0.936. The molecule has 0 bridgehead atoms. The van der Waals surface area contributed by atoms with Gasteiger partial charge in [0.25, 0.3) is 0 Å². The van der Waals surface area contributed by atoms with E-state index in [-0.39, 0.29) is 0 Å². The van der Waals surface area contributed by atoms with E-state index in [2.05, 4.69) is 20.7 Å². The summed E-state index contributed by atoms with van der Waals surface area (Å²) in [4.78, 5) is 1.45. The van der Waals surface area contributed by atoms with Gasteiger partial charge in [0, 0.05) is 11.6 Å². The lowest BCUT2D eigenvalue weighted by molar-refractivity contribution is 0.413. The number of anilines is 1. The largest absolute Gasteiger partial charge is 0.495 e. The Morgan fingerprint density at radius 2 is 2.05 bits per heavy atom. The molecule has 1 aliphatic carbocycles. The van der Waals surface area contributed by atoms with Crippen LogP contribution in [0.1, 0.15) is 32.1 Å². The number of aromatic nitrogens is 4. The first kappa shape index (κ1) is 13.9. The maximum Gasteiger partial charge on any atom is 0.205 e. The van der Waals surface area contributed by atoms with Gasteiger partial charge in [0.05, 0.1) is 19.8 Å². The Kier molecular flexibility index (Phi) is 4.03. The molecule has 112 valence electrons. The summed E-state index contributed by atoms with van der Waals surface area (Å²) in [6.07, 6.45) is 6.43. The minimum atomic E-state index is 0.549. The zero-order valence-electron chi connectivity index (χ0n) is 12.5. The van der Waals surface area contributed by atoms with Crippen molar-refractivity contribution in [2.24, 2.45) is 7.05 Å². The van der Waals surface area contributed by atoms with Crippen LogP contribution in [0.5, 0.6) is 5.75 Å². The summed E-state index contributed by atoms with van der Waals surface area (Å²) in [6.45, 7) is 0. The lowest BCUT2D eigenvalue weighted by Crippen LogP contribution is -2.22. The van der Waals surface area contributed by atoms with Gasteiger partial charge in [-0.15, -0.1) is 10.2 Å². The third-order valence-electron chi connectivity index (χ3n) is 3.93. The molecule has 21 heavy (non-hydrogen) atoms. The summed E-state index contributed by atoms with van der Waals surface area (Å²) >= 11 is 0. The highest BCUT2D eigenvalue weighted by Gasteiger charge is 2.16. The summed E-state index contributed by atoms with van der Waals surface area (Å²) in [6, 6.07) is 6.56. The maximum absolute atomic E-state index is 5.51. The van der Waals surface area contributed by atoms with Crippen LogP contribution in [-0.4, -0.2) is 33.4 Å². The predicted molar refractivity (Wildman–Crippen MR) is 81.3 cm³/mol. The highest BCUT2D eigenvalue weighted by Crippen LogP contribution is 2.31. The van der Waals surface area contributed by atoms with Gasteiger partial charge in [-0.1, -0.05) is 19.3 Å². The molecule has 3 rings (SSSR count). The zero-order chi connectivity index (χ0) is 14.7. The van der Waals surface area contributed by atoms with Crippen LogP contribution in [0.15, 0.2) is 18.2 Å². The summed E-state index contributed by atoms with van der Waals surface area (Å²) in [5.41, 5.74) is 1.95. The van der Waals surface area contributed by atoms with Crippen molar-refractivity contribution >= 4 is 5.69 Å². The SMILES string of the molecule is COc1cc(-c2nnn(C)n2)ccc1NC1CCCCC1. The van der Waals surface area contributed by atoms with Crippen LogP contribution >= 0.6 is 0 Å². The van der Waals surface area contributed by atoms with E-state index in [1.165, 1.54) is 36.9 Å². The first-order valence-electron chi connectivity index (χ1n) is 7.45. The lowest BCUT2D eigenvalue weighted by atomic mass is 9.95. The molecule has 0 spiro atoms. The highest BCUT2D eigenvalue weighted by atomic mass is 16.5. The Labute approximate surface area is 124 Å². The molecule has 0 saturated heterocycles. The fourth-order valence-electron chi connectivity index (χ4n) is 2.82. The van der Waals surface area contributed by atoms with Crippen molar-refractivity contribution < 1.29 is 4.74 Å². The van der Waals surface area contributed by atoms with Gasteiger partial charge < -0.3 is 10.1 Å². The Hall–Kier alpha value is -2.11. The van der Waals surface area contributed by atoms with Crippen molar-refractivity contribution in [3.63, 3.8) is 0 Å². The number of hydrogen-bond acceptors (Lipinski definition) is 5. The molecule has 1 aliphatic rings. The van der Waals surface area contributed by atoms with E-state index >= 15 is 0 Å². The Balaban J connectivity index is 1.81. The monoisotopic (exact) mass is 287 g/mol. The van der Waals surface area contributed by atoms with Crippen molar-refractivity contribution in [1.29, 1.82) is 0 Å². The van der Waals surface area contributed by atoms with Crippen molar-refractivity contribution in [3.05, 3.63) is 18.2 Å². The molecule has 0 amide bonds. The average Bonchev–Trinajstić information content (AvgIpc) is 2.95. The van der Waals surface area contributed by atoms with Gasteiger partial charge in [0.15, 0.2) is 0 Å². The molecule has 1 N–H and O–H groups in total. The van der Waals surface area contributed by atoms with Crippen molar-refractivity contribution in [2.45, 2.75) is 38.1 Å². The zero-order valence-corrected chi connectivity index (χ0v) is 12.5. The number of methoxy groups -OCH3 is 1. The number of tetrazole rings is 1. The van der Waals surface area contributed by atoms with E-state index in [1.807, 2.05) is 18.2 Å². The molecule has 6 nitrogen and oxygen atoms in total. The van der Waals surface area contributed by atoms with Gasteiger partial charge in [-0.3, -0.25) is 0 Å². The van der Waals surface area contributed by atoms with Gasteiger partial charge >= 0.3 is 0 Å². The number of aryl methyl sites for hydroxylation is 1. The van der Waals surface area contributed by atoms with E-state index in [4.69, 9.17) is 4.74 Å². The minimum Gasteiger partial charge on any atom is -0.495 e. The van der Waals surface area contributed by atoms with Crippen molar-refractivity contribution in [2.75, 3.05) is 12.4 Å². The molecule has 1 aromatic heterocycles. The van der Waals surface area contributed by atoms with Crippen LogP contribution in [0.3, 0.4) is 0 Å². The van der Waals surface area contributed by atoms with E-state index in [0.29, 0.717) is 11.9 Å². The average molecular weight is 287 g/mol.